The third kappa shape index (κ3) is 10.9. The van der Waals surface area contributed by atoms with Gasteiger partial charge in [-0.25, -0.2) is 8.78 Å². The number of fused-ring (bicyclic) bond motifs is 1. The smallest absolute Gasteiger partial charge is 0.311 e. The highest BCUT2D eigenvalue weighted by Gasteiger charge is 2.34. The van der Waals surface area contributed by atoms with E-state index in [0.717, 1.165) is 77.2 Å². The molecule has 0 aromatic heterocycles. The Morgan fingerprint density at radius 3 is 1.98 bits per heavy atom. The van der Waals surface area contributed by atoms with Crippen LogP contribution in [0, 0.1) is 61.8 Å². The molecule has 4 nitrogen and oxygen atoms in total. The topological polar surface area (TPSA) is 44.8 Å². The van der Waals surface area contributed by atoms with Gasteiger partial charge >= 0.3 is 5.97 Å². The molecule has 0 unspecified atom stereocenters. The molecule has 0 bridgehead atoms. The van der Waals surface area contributed by atoms with Crippen LogP contribution in [-0.2, 0) is 11.2 Å². The summed E-state index contributed by atoms with van der Waals surface area (Å²) in [6, 6.07) is 0.0624. The van der Waals surface area contributed by atoms with Crippen LogP contribution in [-0.4, -0.2) is 18.2 Å². The largest absolute Gasteiger partial charge is 0.493 e. The van der Waals surface area contributed by atoms with Crippen molar-refractivity contribution in [3.63, 3.8) is 0 Å². The first-order valence-electron chi connectivity index (χ1n) is 17.6. The minimum absolute atomic E-state index is 0.0624. The molecule has 0 radical (unpaired) electrons. The van der Waals surface area contributed by atoms with E-state index in [4.69, 9.17) is 9.47 Å². The SMILES string of the molecule is Cc1c(C)c2c(c(C)c1OCCCC(=O)Oc1c(F)c(F)cc(F)c1F)CC[C@@](C)(CCC[C@H](C)CCC[C@H](C)CCCC(C)C)O2. The van der Waals surface area contributed by atoms with Gasteiger partial charge in [0, 0.05) is 18.1 Å². The molecule has 0 saturated carbocycles. The normalized spacial score (nSPS) is 17.3. The average molecular weight is 665 g/mol. The molecule has 0 N–H and O–H groups in total. The van der Waals surface area contributed by atoms with Gasteiger partial charge in [0.2, 0.25) is 17.4 Å². The fourth-order valence-corrected chi connectivity index (χ4v) is 6.67. The first kappa shape index (κ1) is 38.7. The van der Waals surface area contributed by atoms with Crippen LogP contribution in [0.3, 0.4) is 0 Å². The van der Waals surface area contributed by atoms with Crippen molar-refractivity contribution >= 4 is 5.97 Å². The van der Waals surface area contributed by atoms with Gasteiger partial charge in [-0.1, -0.05) is 72.6 Å². The molecule has 264 valence electrons. The summed E-state index contributed by atoms with van der Waals surface area (Å²) in [7, 11) is 0. The van der Waals surface area contributed by atoms with E-state index in [1.54, 1.807) is 0 Å². The molecule has 0 saturated heterocycles. The third-order valence-electron chi connectivity index (χ3n) is 9.90. The van der Waals surface area contributed by atoms with Gasteiger partial charge in [0.25, 0.3) is 0 Å². The lowest BCUT2D eigenvalue weighted by molar-refractivity contribution is -0.135. The van der Waals surface area contributed by atoms with Crippen molar-refractivity contribution in [1.82, 2.24) is 0 Å². The van der Waals surface area contributed by atoms with Crippen molar-refractivity contribution in [3.05, 3.63) is 51.6 Å². The zero-order chi connectivity index (χ0) is 34.9. The fraction of sp³-hybridized carbons (Fsp3) is 0.667. The van der Waals surface area contributed by atoms with Gasteiger partial charge in [-0.2, -0.15) is 8.78 Å². The molecule has 0 aliphatic carbocycles. The molecule has 1 aliphatic rings. The van der Waals surface area contributed by atoms with E-state index in [-0.39, 0.29) is 31.1 Å². The van der Waals surface area contributed by atoms with Crippen LogP contribution in [0.25, 0.3) is 0 Å². The Morgan fingerprint density at radius 2 is 1.38 bits per heavy atom. The highest BCUT2D eigenvalue weighted by atomic mass is 19.2. The zero-order valence-corrected chi connectivity index (χ0v) is 29.9. The first-order chi connectivity index (χ1) is 22.1. The molecule has 2 aromatic rings. The lowest BCUT2D eigenvalue weighted by atomic mass is 9.83. The van der Waals surface area contributed by atoms with Gasteiger partial charge in [0.1, 0.15) is 17.1 Å². The Balaban J connectivity index is 1.47. The van der Waals surface area contributed by atoms with Crippen LogP contribution in [0.4, 0.5) is 17.6 Å². The summed E-state index contributed by atoms with van der Waals surface area (Å²) < 4.78 is 71.9. The Labute approximate surface area is 280 Å². The molecule has 0 fully saturated rings. The number of ether oxygens (including phenoxy) is 3. The molecule has 3 atom stereocenters. The number of halogens is 4. The maximum atomic E-state index is 13.8. The summed E-state index contributed by atoms with van der Waals surface area (Å²) in [6.07, 6.45) is 13.1. The number of rotatable bonds is 18. The second-order valence-electron chi connectivity index (χ2n) is 14.6. The second kappa shape index (κ2) is 17.6. The molecule has 8 heteroatoms. The zero-order valence-electron chi connectivity index (χ0n) is 29.9. The number of carbonyl (C=O) groups is 1. The minimum Gasteiger partial charge on any atom is -0.493 e. The monoisotopic (exact) mass is 664 g/mol. The van der Waals surface area contributed by atoms with Crippen molar-refractivity contribution in [2.75, 3.05) is 6.61 Å². The van der Waals surface area contributed by atoms with E-state index >= 15 is 0 Å². The summed E-state index contributed by atoms with van der Waals surface area (Å²) in [5.74, 6) is -5.16. The third-order valence-corrected chi connectivity index (χ3v) is 9.90. The molecule has 2 aromatic carbocycles. The minimum atomic E-state index is -1.75. The number of esters is 1. The van der Waals surface area contributed by atoms with E-state index in [9.17, 15) is 22.4 Å². The Morgan fingerprint density at radius 1 is 0.809 bits per heavy atom. The molecule has 1 heterocycles. The summed E-state index contributed by atoms with van der Waals surface area (Å²) in [4.78, 5) is 12.2. The van der Waals surface area contributed by atoms with E-state index in [1.807, 2.05) is 20.8 Å². The van der Waals surface area contributed by atoms with E-state index in [1.165, 1.54) is 44.9 Å². The maximum Gasteiger partial charge on any atom is 0.311 e. The van der Waals surface area contributed by atoms with Gasteiger partial charge in [-0.15, -0.1) is 0 Å². The van der Waals surface area contributed by atoms with Crippen LogP contribution >= 0.6 is 0 Å². The maximum absolute atomic E-state index is 13.8. The summed E-state index contributed by atoms with van der Waals surface area (Å²) in [5, 5.41) is 0. The van der Waals surface area contributed by atoms with Gasteiger partial charge < -0.3 is 14.2 Å². The quantitative estimate of drug-likeness (QED) is 0.0523. The van der Waals surface area contributed by atoms with Crippen LogP contribution in [0.5, 0.6) is 17.2 Å². The Bertz CT molecular complexity index is 1330. The first-order valence-corrected chi connectivity index (χ1v) is 17.6. The molecule has 3 rings (SSSR count). The van der Waals surface area contributed by atoms with Crippen molar-refractivity contribution in [3.8, 4) is 17.2 Å². The van der Waals surface area contributed by atoms with Gasteiger partial charge in [-0.05, 0) is 94.2 Å². The van der Waals surface area contributed by atoms with Crippen molar-refractivity contribution in [2.24, 2.45) is 17.8 Å². The van der Waals surface area contributed by atoms with E-state index in [0.29, 0.717) is 0 Å². The number of carbonyl (C=O) groups excluding carboxylic acids is 1. The fourth-order valence-electron chi connectivity index (χ4n) is 6.67. The Hall–Kier alpha value is -2.77. The molecular formula is C39H56F4O4. The lowest BCUT2D eigenvalue weighted by Crippen LogP contribution is -2.37. The second-order valence-corrected chi connectivity index (χ2v) is 14.6. The average Bonchev–Trinajstić information content (AvgIpc) is 3.00. The molecule has 0 spiro atoms. The highest BCUT2D eigenvalue weighted by molar-refractivity contribution is 5.72. The summed E-state index contributed by atoms with van der Waals surface area (Å²) in [5.41, 5.74) is 3.91. The van der Waals surface area contributed by atoms with Gasteiger partial charge in [-0.3, -0.25) is 4.79 Å². The Kier molecular flexibility index (Phi) is 14.5. The van der Waals surface area contributed by atoms with Crippen LogP contribution < -0.4 is 14.2 Å². The van der Waals surface area contributed by atoms with Gasteiger partial charge in [0.15, 0.2) is 11.6 Å². The van der Waals surface area contributed by atoms with Crippen LogP contribution in [0.2, 0.25) is 0 Å². The van der Waals surface area contributed by atoms with E-state index in [2.05, 4.69) is 39.4 Å². The summed E-state index contributed by atoms with van der Waals surface area (Å²) in [6.45, 7) is 17.8. The number of benzene rings is 2. The standard InChI is InChI=1S/C39H56F4O4/c1-24(2)13-9-14-25(3)15-10-16-26(4)17-11-20-39(8)21-19-30-29(7)36(27(5)28(6)37(30)47-39)45-22-12-18-33(44)46-38-34(42)31(40)23-32(41)35(38)43/h23-26H,9-22H2,1-8H3/t25-,26-,39-/m1/s1. The van der Waals surface area contributed by atoms with E-state index < -0.39 is 35.0 Å². The predicted molar refractivity (Wildman–Crippen MR) is 179 cm³/mol. The van der Waals surface area contributed by atoms with Crippen molar-refractivity contribution in [1.29, 1.82) is 0 Å². The van der Waals surface area contributed by atoms with Crippen LogP contribution in [0.15, 0.2) is 6.07 Å². The summed E-state index contributed by atoms with van der Waals surface area (Å²) >= 11 is 0. The van der Waals surface area contributed by atoms with Crippen molar-refractivity contribution < 1.29 is 36.6 Å². The number of hydrogen-bond acceptors (Lipinski definition) is 4. The van der Waals surface area contributed by atoms with Gasteiger partial charge in [0.05, 0.1) is 6.61 Å². The van der Waals surface area contributed by atoms with Crippen LogP contribution in [0.1, 0.15) is 134 Å². The highest BCUT2D eigenvalue weighted by Crippen LogP contribution is 2.45. The predicted octanol–water partition coefficient (Wildman–Crippen LogP) is 11.5. The molecule has 47 heavy (non-hydrogen) atoms. The molecule has 1 aliphatic heterocycles. The number of hydrogen-bond donors (Lipinski definition) is 0. The molecule has 0 amide bonds. The molecular weight excluding hydrogens is 608 g/mol. The lowest BCUT2D eigenvalue weighted by Gasteiger charge is -2.38. The van der Waals surface area contributed by atoms with Crippen molar-refractivity contribution in [2.45, 2.75) is 144 Å².